The molecule has 0 aliphatic carbocycles. The van der Waals surface area contributed by atoms with Gasteiger partial charge in [-0.05, 0) is 25.5 Å². The molecule has 1 aromatic carbocycles. The fourth-order valence-corrected chi connectivity index (χ4v) is 3.31. The summed E-state index contributed by atoms with van der Waals surface area (Å²) in [4.78, 5) is 11.4. The smallest absolute Gasteiger partial charge is 0.261 e. The minimum atomic E-state index is -3.97. The van der Waals surface area contributed by atoms with E-state index in [0.717, 1.165) is 6.07 Å². The maximum Gasteiger partial charge on any atom is 0.261 e. The van der Waals surface area contributed by atoms with Crippen LogP contribution in [0.5, 0.6) is 0 Å². The molecule has 0 aromatic heterocycles. The Labute approximate surface area is 131 Å². The van der Waals surface area contributed by atoms with Gasteiger partial charge in [-0.2, -0.15) is 0 Å². The van der Waals surface area contributed by atoms with E-state index >= 15 is 0 Å². The number of nitrogens with one attached hydrogen (secondary N) is 1. The molecule has 9 heteroatoms. The second kappa shape index (κ2) is 6.95. The maximum atomic E-state index is 11.6. The van der Waals surface area contributed by atoms with Gasteiger partial charge in [-0.25, -0.2) is 8.42 Å². The monoisotopic (exact) mass is 359 g/mol. The third-order valence-electron chi connectivity index (χ3n) is 2.38. The largest absolute Gasteiger partial charge is 0.372 e. The van der Waals surface area contributed by atoms with Crippen molar-refractivity contribution in [1.29, 1.82) is 0 Å². The van der Waals surface area contributed by atoms with E-state index in [-0.39, 0.29) is 32.8 Å². The molecule has 0 radical (unpaired) electrons. The second-order valence-electron chi connectivity index (χ2n) is 3.79. The lowest BCUT2D eigenvalue weighted by molar-refractivity contribution is -0.120. The first-order chi connectivity index (χ1) is 9.18. The van der Waals surface area contributed by atoms with Crippen LogP contribution in [0.4, 0.5) is 5.69 Å². The Kier molecular flexibility index (Phi) is 6.09. The van der Waals surface area contributed by atoms with Crippen molar-refractivity contribution in [3.05, 3.63) is 21.7 Å². The van der Waals surface area contributed by atoms with Crippen molar-refractivity contribution >= 4 is 54.5 Å². The lowest BCUT2D eigenvalue weighted by atomic mass is 10.2. The van der Waals surface area contributed by atoms with Crippen LogP contribution in [0.1, 0.15) is 12.5 Å². The Morgan fingerprint density at radius 3 is 2.50 bits per heavy atom. The van der Waals surface area contributed by atoms with E-state index in [2.05, 4.69) is 5.32 Å². The molecule has 0 aliphatic heterocycles. The Morgan fingerprint density at radius 1 is 1.40 bits per heavy atom. The molecule has 1 rings (SSSR count). The molecule has 20 heavy (non-hydrogen) atoms. The Bertz CT molecular complexity index is 631. The van der Waals surface area contributed by atoms with Crippen molar-refractivity contribution in [3.63, 3.8) is 0 Å². The highest BCUT2D eigenvalue weighted by atomic mass is 35.7. The highest BCUT2D eigenvalue weighted by Crippen LogP contribution is 2.38. The molecule has 0 spiro atoms. The van der Waals surface area contributed by atoms with Crippen molar-refractivity contribution in [1.82, 2.24) is 0 Å². The first kappa shape index (κ1) is 17.5. The first-order valence-corrected chi connectivity index (χ1v) is 8.55. The van der Waals surface area contributed by atoms with Crippen molar-refractivity contribution in [3.8, 4) is 0 Å². The molecular formula is C11H12Cl3NO4S. The zero-order chi connectivity index (χ0) is 15.5. The Balaban J connectivity index is 3.18. The maximum absolute atomic E-state index is 11.6. The summed E-state index contributed by atoms with van der Waals surface area (Å²) in [5.74, 6) is -0.448. The van der Waals surface area contributed by atoms with Crippen LogP contribution in [0.3, 0.4) is 0 Å². The van der Waals surface area contributed by atoms with Crippen LogP contribution >= 0.6 is 33.9 Å². The molecular weight excluding hydrogens is 349 g/mol. The summed E-state index contributed by atoms with van der Waals surface area (Å²) in [7, 11) is 1.31. The van der Waals surface area contributed by atoms with Gasteiger partial charge in [0.05, 0.1) is 20.6 Å². The number of anilines is 1. The van der Waals surface area contributed by atoms with Gasteiger partial charge in [0.15, 0.2) is 0 Å². The molecule has 1 amide bonds. The molecule has 0 atom stereocenters. The summed E-state index contributed by atoms with van der Waals surface area (Å²) in [6.07, 6.45) is 0. The minimum Gasteiger partial charge on any atom is -0.372 e. The molecule has 112 valence electrons. The van der Waals surface area contributed by atoms with E-state index < -0.39 is 15.0 Å². The second-order valence-corrected chi connectivity index (χ2v) is 7.11. The summed E-state index contributed by atoms with van der Waals surface area (Å²) in [5.41, 5.74) is 0.331. The normalized spacial score (nSPS) is 11.4. The Morgan fingerprint density at radius 2 is 2.00 bits per heavy atom. The number of carbonyl (C=O) groups excluding carboxylic acids is 1. The summed E-state index contributed by atoms with van der Waals surface area (Å²) in [6, 6.07) is 1.14. The zero-order valence-electron chi connectivity index (χ0n) is 10.7. The summed E-state index contributed by atoms with van der Waals surface area (Å²) in [5, 5.41) is 2.46. The van der Waals surface area contributed by atoms with Crippen LogP contribution in [0.15, 0.2) is 11.0 Å². The standard InChI is InChI=1S/C11H12Cl3NO4S/c1-3-19-5-9(16)15-11-7(12)4-8(20(14,17)18)6(2)10(11)13/h4H,3,5H2,1-2H3,(H,15,16). The van der Waals surface area contributed by atoms with Crippen molar-refractivity contribution in [2.24, 2.45) is 0 Å². The molecule has 0 fully saturated rings. The third kappa shape index (κ3) is 4.23. The van der Waals surface area contributed by atoms with Gasteiger partial charge >= 0.3 is 0 Å². The van der Waals surface area contributed by atoms with Crippen LogP contribution in [-0.4, -0.2) is 27.5 Å². The van der Waals surface area contributed by atoms with Crippen LogP contribution in [-0.2, 0) is 18.6 Å². The number of halogens is 3. The predicted molar refractivity (Wildman–Crippen MR) is 79.4 cm³/mol. The lowest BCUT2D eigenvalue weighted by Crippen LogP contribution is -2.19. The predicted octanol–water partition coefficient (Wildman–Crippen LogP) is 3.20. The highest BCUT2D eigenvalue weighted by Gasteiger charge is 2.21. The van der Waals surface area contributed by atoms with Gasteiger partial charge in [-0.1, -0.05) is 23.2 Å². The number of amides is 1. The SMILES string of the molecule is CCOCC(=O)Nc1c(Cl)cc(S(=O)(=O)Cl)c(C)c1Cl. The van der Waals surface area contributed by atoms with E-state index in [1.165, 1.54) is 6.92 Å². The average molecular weight is 361 g/mol. The molecule has 0 bridgehead atoms. The van der Waals surface area contributed by atoms with Gasteiger partial charge < -0.3 is 10.1 Å². The average Bonchev–Trinajstić information content (AvgIpc) is 2.35. The molecule has 5 nitrogen and oxygen atoms in total. The number of hydrogen-bond donors (Lipinski definition) is 1. The Hall–Kier alpha value is -0.530. The first-order valence-electron chi connectivity index (χ1n) is 5.49. The topological polar surface area (TPSA) is 72.5 Å². The molecule has 1 N–H and O–H groups in total. The van der Waals surface area contributed by atoms with Gasteiger partial charge in [-0.15, -0.1) is 0 Å². The summed E-state index contributed by atoms with van der Waals surface area (Å²) in [6.45, 7) is 3.44. The van der Waals surface area contributed by atoms with E-state index in [4.69, 9.17) is 38.6 Å². The minimum absolute atomic E-state index is 0.0153. The highest BCUT2D eigenvalue weighted by molar-refractivity contribution is 8.13. The quantitative estimate of drug-likeness (QED) is 0.818. The number of ether oxygens (including phenoxy) is 1. The number of rotatable bonds is 5. The van der Waals surface area contributed by atoms with Crippen molar-refractivity contribution in [2.45, 2.75) is 18.7 Å². The van der Waals surface area contributed by atoms with E-state index in [1.807, 2.05) is 0 Å². The van der Waals surface area contributed by atoms with Gasteiger partial charge in [-0.3, -0.25) is 4.79 Å². The van der Waals surface area contributed by atoms with Gasteiger partial charge in [0.25, 0.3) is 9.05 Å². The van der Waals surface area contributed by atoms with Crippen LogP contribution < -0.4 is 5.32 Å². The molecule has 0 heterocycles. The molecule has 0 aliphatic rings. The lowest BCUT2D eigenvalue weighted by Gasteiger charge is -2.13. The molecule has 1 aromatic rings. The van der Waals surface area contributed by atoms with Gasteiger partial charge in [0, 0.05) is 17.3 Å². The molecule has 0 saturated heterocycles. The fraction of sp³-hybridized carbons (Fsp3) is 0.364. The number of hydrogen-bond acceptors (Lipinski definition) is 4. The van der Waals surface area contributed by atoms with Crippen LogP contribution in [0, 0.1) is 6.92 Å². The summed E-state index contributed by atoms with van der Waals surface area (Å²) < 4.78 is 27.7. The van der Waals surface area contributed by atoms with Crippen LogP contribution in [0.2, 0.25) is 10.0 Å². The van der Waals surface area contributed by atoms with Crippen molar-refractivity contribution in [2.75, 3.05) is 18.5 Å². The summed E-state index contributed by atoms with van der Waals surface area (Å²) >= 11 is 12.0. The zero-order valence-corrected chi connectivity index (χ0v) is 13.8. The van der Waals surface area contributed by atoms with Gasteiger partial charge in [0.2, 0.25) is 5.91 Å². The number of carbonyl (C=O) groups is 1. The number of benzene rings is 1. The van der Waals surface area contributed by atoms with E-state index in [1.54, 1.807) is 6.92 Å². The van der Waals surface area contributed by atoms with E-state index in [0.29, 0.717) is 6.61 Å². The van der Waals surface area contributed by atoms with Crippen LogP contribution in [0.25, 0.3) is 0 Å². The fourth-order valence-electron chi connectivity index (χ4n) is 1.43. The molecule has 0 unspecified atom stereocenters. The third-order valence-corrected chi connectivity index (χ3v) is 4.60. The molecule has 0 saturated carbocycles. The van der Waals surface area contributed by atoms with Gasteiger partial charge in [0.1, 0.15) is 6.61 Å². The van der Waals surface area contributed by atoms with Crippen molar-refractivity contribution < 1.29 is 17.9 Å². The van der Waals surface area contributed by atoms with E-state index in [9.17, 15) is 13.2 Å².